The van der Waals surface area contributed by atoms with Gasteiger partial charge in [0, 0.05) is 0 Å². The van der Waals surface area contributed by atoms with Gasteiger partial charge in [-0.2, -0.15) is 0 Å². The van der Waals surface area contributed by atoms with Crippen LogP contribution < -0.4 is 0 Å². The molecule has 1 aromatic rings. The van der Waals surface area contributed by atoms with Crippen LogP contribution in [0.4, 0.5) is 0 Å². The Morgan fingerprint density at radius 3 is 2.61 bits per heavy atom. The second-order valence-electron chi connectivity index (χ2n) is 7.98. The van der Waals surface area contributed by atoms with Crippen LogP contribution in [0.3, 0.4) is 0 Å². The first-order valence-electron chi connectivity index (χ1n) is 9.42. The predicted molar refractivity (Wildman–Crippen MR) is 104 cm³/mol. The zero-order valence-electron chi connectivity index (χ0n) is 15.4. The van der Waals surface area contributed by atoms with Crippen molar-refractivity contribution in [3.8, 4) is 5.75 Å². The van der Waals surface area contributed by atoms with E-state index in [2.05, 4.69) is 36.9 Å². The molecule has 0 amide bonds. The predicted octanol–water partition coefficient (Wildman–Crippen LogP) is 6.12. The first-order chi connectivity index (χ1) is 10.9. The zero-order chi connectivity index (χ0) is 17.0. The monoisotopic (exact) mass is 334 g/mol. The number of hydrogen-bond donors (Lipinski definition) is 1. The maximum Gasteiger partial charge on any atom is 0.115 e. The van der Waals surface area contributed by atoms with Crippen molar-refractivity contribution in [2.45, 2.75) is 78.3 Å². The lowest BCUT2D eigenvalue weighted by Gasteiger charge is -2.36. The van der Waals surface area contributed by atoms with Crippen molar-refractivity contribution in [3.63, 3.8) is 0 Å². The van der Waals surface area contributed by atoms with Crippen molar-refractivity contribution in [1.82, 2.24) is 0 Å². The summed E-state index contributed by atoms with van der Waals surface area (Å²) >= 11 is 0. The number of benzene rings is 1. The van der Waals surface area contributed by atoms with Crippen molar-refractivity contribution >= 4 is 9.24 Å². The zero-order valence-corrected chi connectivity index (χ0v) is 16.6. The summed E-state index contributed by atoms with van der Waals surface area (Å²) in [5.41, 5.74) is 4.04. The molecule has 0 spiro atoms. The second kappa shape index (κ2) is 8.02. The molecule has 0 saturated heterocycles. The molecule has 1 N–H and O–H groups in total. The minimum absolute atomic E-state index is 0.363. The highest BCUT2D eigenvalue weighted by Gasteiger charge is 2.46. The van der Waals surface area contributed by atoms with Crippen LogP contribution >= 0.6 is 9.24 Å². The van der Waals surface area contributed by atoms with E-state index < -0.39 is 0 Å². The summed E-state index contributed by atoms with van der Waals surface area (Å²) in [5.74, 6) is 2.37. The highest BCUT2D eigenvalue weighted by Crippen LogP contribution is 2.55. The van der Waals surface area contributed by atoms with Gasteiger partial charge in [-0.15, -0.1) is 9.24 Å². The molecule has 2 saturated carbocycles. The summed E-state index contributed by atoms with van der Waals surface area (Å²) in [6, 6.07) is 5.47. The van der Waals surface area contributed by atoms with Gasteiger partial charge in [-0.05, 0) is 78.8 Å². The van der Waals surface area contributed by atoms with Crippen molar-refractivity contribution in [3.05, 3.63) is 29.3 Å². The van der Waals surface area contributed by atoms with Crippen LogP contribution in [0.2, 0.25) is 0 Å². The molecule has 0 heterocycles. The van der Waals surface area contributed by atoms with E-state index in [4.69, 9.17) is 5.11 Å². The molecule has 130 valence electrons. The van der Waals surface area contributed by atoms with Crippen molar-refractivity contribution in [2.75, 3.05) is 0 Å². The third-order valence-corrected chi connectivity index (χ3v) is 7.60. The lowest BCUT2D eigenvalue weighted by atomic mass is 9.72. The van der Waals surface area contributed by atoms with E-state index in [-0.39, 0.29) is 0 Å². The molecular formula is C21H35OP. The fourth-order valence-electron chi connectivity index (χ4n) is 4.81. The molecular weight excluding hydrogens is 299 g/mol. The number of aryl methyl sites for hydroxylation is 2. The minimum atomic E-state index is 0.363. The van der Waals surface area contributed by atoms with Crippen LogP contribution in [-0.4, -0.2) is 10.8 Å². The average Bonchev–Trinajstić information content (AvgIpc) is 2.73. The maximum atomic E-state index is 9.07. The normalized spacial score (nSPS) is 33.3. The molecule has 23 heavy (non-hydrogen) atoms. The number of hydrogen-bond acceptors (Lipinski definition) is 1. The SMILES string of the molecule is CC1CCCCC2(C)C(P)CCC12.CCc1cc(O)ccc1C. The third-order valence-electron chi connectivity index (χ3n) is 6.51. The maximum absolute atomic E-state index is 9.07. The van der Waals surface area contributed by atoms with E-state index in [9.17, 15) is 0 Å². The van der Waals surface area contributed by atoms with Gasteiger partial charge in [-0.3, -0.25) is 0 Å². The van der Waals surface area contributed by atoms with Crippen LogP contribution in [0.15, 0.2) is 18.2 Å². The fraction of sp³-hybridized carbons (Fsp3) is 0.714. The molecule has 0 bridgehead atoms. The summed E-state index contributed by atoms with van der Waals surface area (Å²) in [4.78, 5) is 0. The number of phenolic OH excluding ortho intramolecular Hbond substituents is 1. The summed E-state index contributed by atoms with van der Waals surface area (Å²) in [6.07, 6.45) is 9.85. The Kier molecular flexibility index (Phi) is 6.55. The van der Waals surface area contributed by atoms with Crippen LogP contribution in [0, 0.1) is 24.2 Å². The van der Waals surface area contributed by atoms with E-state index >= 15 is 0 Å². The van der Waals surface area contributed by atoms with E-state index in [0.29, 0.717) is 11.2 Å². The van der Waals surface area contributed by atoms with Gasteiger partial charge < -0.3 is 5.11 Å². The minimum Gasteiger partial charge on any atom is -0.508 e. The van der Waals surface area contributed by atoms with Crippen LogP contribution in [0.5, 0.6) is 5.75 Å². The highest BCUT2D eigenvalue weighted by atomic mass is 31.0. The van der Waals surface area contributed by atoms with Crippen LogP contribution in [-0.2, 0) is 6.42 Å². The highest BCUT2D eigenvalue weighted by molar-refractivity contribution is 7.17. The van der Waals surface area contributed by atoms with Gasteiger partial charge >= 0.3 is 0 Å². The molecule has 0 radical (unpaired) electrons. The van der Waals surface area contributed by atoms with E-state index in [1.807, 2.05) is 12.1 Å². The number of aromatic hydroxyl groups is 1. The summed E-state index contributed by atoms with van der Waals surface area (Å²) in [7, 11) is 3.11. The smallest absolute Gasteiger partial charge is 0.115 e. The first-order valence-corrected chi connectivity index (χ1v) is 10.1. The van der Waals surface area contributed by atoms with Gasteiger partial charge in [0.1, 0.15) is 5.75 Å². The molecule has 1 aromatic carbocycles. The third kappa shape index (κ3) is 4.30. The van der Waals surface area contributed by atoms with Crippen molar-refractivity contribution in [2.24, 2.45) is 17.3 Å². The molecule has 2 aliphatic carbocycles. The van der Waals surface area contributed by atoms with Gasteiger partial charge in [0.2, 0.25) is 0 Å². The lowest BCUT2D eigenvalue weighted by molar-refractivity contribution is 0.172. The Bertz CT molecular complexity index is 513. The molecule has 2 heteroatoms. The molecule has 2 fully saturated rings. The van der Waals surface area contributed by atoms with Crippen molar-refractivity contribution < 1.29 is 5.11 Å². The average molecular weight is 334 g/mol. The van der Waals surface area contributed by atoms with Gasteiger partial charge in [-0.25, -0.2) is 0 Å². The summed E-state index contributed by atoms with van der Waals surface area (Å²) in [6.45, 7) is 9.17. The fourth-order valence-corrected chi connectivity index (χ4v) is 5.42. The molecule has 1 nitrogen and oxygen atoms in total. The quantitative estimate of drug-likeness (QED) is 0.613. The van der Waals surface area contributed by atoms with E-state index in [0.717, 1.165) is 23.9 Å². The summed E-state index contributed by atoms with van der Waals surface area (Å²) in [5, 5.41) is 9.07. The molecule has 5 atom stereocenters. The van der Waals surface area contributed by atoms with Crippen LogP contribution in [0.1, 0.15) is 70.4 Å². The second-order valence-corrected chi connectivity index (χ2v) is 8.79. The van der Waals surface area contributed by atoms with Crippen molar-refractivity contribution in [1.29, 1.82) is 0 Å². The van der Waals surface area contributed by atoms with Gasteiger partial charge in [0.05, 0.1) is 0 Å². The van der Waals surface area contributed by atoms with Gasteiger partial charge in [0.25, 0.3) is 0 Å². The number of rotatable bonds is 1. The van der Waals surface area contributed by atoms with E-state index in [1.54, 1.807) is 6.07 Å². The first kappa shape index (κ1) is 18.8. The standard InChI is InChI=1S/C12H23P.C9H12O/c1-9-5-3-4-8-12(2)10(9)6-7-11(12)13;1-3-8-6-9(10)5-4-7(8)2/h9-11H,3-8,13H2,1-2H3;4-6,10H,3H2,1-2H3. The summed E-state index contributed by atoms with van der Waals surface area (Å²) < 4.78 is 0. The topological polar surface area (TPSA) is 20.2 Å². The van der Waals surface area contributed by atoms with Gasteiger partial charge in [-0.1, -0.05) is 46.1 Å². The Balaban J connectivity index is 0.000000174. The Hall–Kier alpha value is -0.550. The molecule has 0 aliphatic heterocycles. The molecule has 3 rings (SSSR count). The molecule has 0 aromatic heterocycles. The molecule has 2 aliphatic rings. The number of fused-ring (bicyclic) bond motifs is 1. The van der Waals surface area contributed by atoms with E-state index in [1.165, 1.54) is 49.7 Å². The molecule has 5 unspecified atom stereocenters. The van der Waals surface area contributed by atoms with Gasteiger partial charge in [0.15, 0.2) is 0 Å². The largest absolute Gasteiger partial charge is 0.508 e. The Morgan fingerprint density at radius 1 is 1.22 bits per heavy atom. The number of phenols is 1. The lowest BCUT2D eigenvalue weighted by Crippen LogP contribution is -2.31. The Morgan fingerprint density at radius 2 is 1.96 bits per heavy atom. The van der Waals surface area contributed by atoms with Crippen LogP contribution in [0.25, 0.3) is 0 Å². The Labute approximate surface area is 145 Å².